The smallest absolute Gasteiger partial charge is 0.257 e. The number of carbonyl (C=O) groups excluding carboxylic acids is 2. The van der Waals surface area contributed by atoms with Crippen molar-refractivity contribution in [3.8, 4) is 0 Å². The van der Waals surface area contributed by atoms with Crippen LogP contribution in [0.2, 0.25) is 0 Å². The van der Waals surface area contributed by atoms with Crippen molar-refractivity contribution in [1.82, 2.24) is 10.2 Å². The van der Waals surface area contributed by atoms with Crippen LogP contribution in [0.5, 0.6) is 0 Å². The number of amides is 2. The van der Waals surface area contributed by atoms with Gasteiger partial charge in [0, 0.05) is 34.6 Å². The monoisotopic (exact) mass is 456 g/mol. The van der Waals surface area contributed by atoms with Crippen molar-refractivity contribution in [2.45, 2.75) is 19.3 Å². The quantitative estimate of drug-likeness (QED) is 0.631. The summed E-state index contributed by atoms with van der Waals surface area (Å²) in [5.74, 6) is -0.183. The Hall–Kier alpha value is -2.58. The second-order valence-electron chi connectivity index (χ2n) is 6.60. The van der Waals surface area contributed by atoms with Crippen LogP contribution < -0.4 is 10.2 Å². The summed E-state index contributed by atoms with van der Waals surface area (Å²) >= 11 is 4.67. The molecule has 4 rings (SSSR count). The van der Waals surface area contributed by atoms with Crippen molar-refractivity contribution in [3.63, 3.8) is 0 Å². The lowest BCUT2D eigenvalue weighted by molar-refractivity contribution is -0.117. The second-order valence-corrected chi connectivity index (χ2v) is 8.52. The molecule has 0 bridgehead atoms. The Bertz CT molecular complexity index is 1030. The van der Waals surface area contributed by atoms with Crippen LogP contribution in [0.3, 0.4) is 0 Å². The molecule has 1 unspecified atom stereocenters. The number of aryl methyl sites for hydroxylation is 1. The van der Waals surface area contributed by atoms with E-state index in [2.05, 4.69) is 31.4 Å². The zero-order chi connectivity index (χ0) is 19.7. The number of hydrogen-bond donors (Lipinski definition) is 1. The topological polar surface area (TPSA) is 75.2 Å². The predicted molar refractivity (Wildman–Crippen MR) is 113 cm³/mol. The number of anilines is 2. The summed E-state index contributed by atoms with van der Waals surface area (Å²) in [7, 11) is 0. The summed E-state index contributed by atoms with van der Waals surface area (Å²) in [5.41, 5.74) is 2.54. The Morgan fingerprint density at radius 3 is 2.68 bits per heavy atom. The highest BCUT2D eigenvalue weighted by Crippen LogP contribution is 2.35. The van der Waals surface area contributed by atoms with Crippen LogP contribution in [-0.4, -0.2) is 28.6 Å². The summed E-state index contributed by atoms with van der Waals surface area (Å²) in [6.07, 6.45) is 0.392. The normalized spacial score (nSPS) is 16.4. The van der Waals surface area contributed by atoms with Gasteiger partial charge >= 0.3 is 0 Å². The highest BCUT2D eigenvalue weighted by molar-refractivity contribution is 9.10. The minimum absolute atomic E-state index is 0.0251. The maximum Gasteiger partial charge on any atom is 0.257 e. The van der Waals surface area contributed by atoms with E-state index in [9.17, 15) is 9.59 Å². The Balaban J connectivity index is 1.46. The lowest BCUT2D eigenvalue weighted by Gasteiger charge is -2.18. The Morgan fingerprint density at radius 1 is 1.18 bits per heavy atom. The zero-order valence-corrected chi connectivity index (χ0v) is 17.5. The molecule has 3 aromatic rings. The first-order valence-electron chi connectivity index (χ1n) is 8.77. The number of halogens is 1. The second kappa shape index (κ2) is 7.81. The third-order valence-electron chi connectivity index (χ3n) is 4.65. The Kier molecular flexibility index (Phi) is 5.23. The van der Waals surface area contributed by atoms with Crippen LogP contribution in [0.1, 0.15) is 33.3 Å². The van der Waals surface area contributed by atoms with Crippen molar-refractivity contribution in [2.75, 3.05) is 16.8 Å². The van der Waals surface area contributed by atoms with E-state index in [0.717, 1.165) is 20.7 Å². The third kappa shape index (κ3) is 3.83. The van der Waals surface area contributed by atoms with Gasteiger partial charge < -0.3 is 4.90 Å². The molecule has 2 aromatic carbocycles. The van der Waals surface area contributed by atoms with Gasteiger partial charge in [0.15, 0.2) is 0 Å². The van der Waals surface area contributed by atoms with E-state index in [-0.39, 0.29) is 17.7 Å². The molecule has 2 amide bonds. The first-order chi connectivity index (χ1) is 13.5. The summed E-state index contributed by atoms with van der Waals surface area (Å²) in [6, 6.07) is 14.9. The SMILES string of the molecule is Cc1ccccc1N1CC(c2nnc(NC(=O)c3ccc(Br)cc3)s2)CC1=O. The molecule has 0 saturated carbocycles. The molecule has 6 nitrogen and oxygen atoms in total. The van der Waals surface area contributed by atoms with E-state index >= 15 is 0 Å². The molecule has 1 aliphatic heterocycles. The molecular weight excluding hydrogens is 440 g/mol. The fraction of sp³-hybridized carbons (Fsp3) is 0.200. The van der Waals surface area contributed by atoms with Gasteiger partial charge in [-0.15, -0.1) is 10.2 Å². The average Bonchev–Trinajstić information content (AvgIpc) is 3.29. The van der Waals surface area contributed by atoms with Gasteiger partial charge in [0.05, 0.1) is 0 Å². The molecule has 1 atom stereocenters. The molecule has 142 valence electrons. The molecular formula is C20H17BrN4O2S. The first-order valence-corrected chi connectivity index (χ1v) is 10.4. The minimum atomic E-state index is -0.237. The molecule has 0 spiro atoms. The van der Waals surface area contributed by atoms with Gasteiger partial charge in [0.1, 0.15) is 5.01 Å². The molecule has 1 fully saturated rings. The van der Waals surface area contributed by atoms with Crippen LogP contribution in [0, 0.1) is 6.92 Å². The van der Waals surface area contributed by atoms with E-state index in [1.807, 2.05) is 48.2 Å². The summed E-state index contributed by atoms with van der Waals surface area (Å²) in [6.45, 7) is 2.57. The number of benzene rings is 2. The number of nitrogens with zero attached hydrogens (tertiary/aromatic N) is 3. The highest BCUT2D eigenvalue weighted by atomic mass is 79.9. The van der Waals surface area contributed by atoms with E-state index < -0.39 is 0 Å². The zero-order valence-electron chi connectivity index (χ0n) is 15.1. The van der Waals surface area contributed by atoms with Crippen molar-refractivity contribution in [1.29, 1.82) is 0 Å². The standard InChI is InChI=1S/C20H17BrN4O2S/c1-12-4-2-3-5-16(12)25-11-14(10-17(25)26)19-23-24-20(28-19)22-18(27)13-6-8-15(21)9-7-13/h2-9,14H,10-11H2,1H3,(H,22,24,27). The third-order valence-corrected chi connectivity index (χ3v) is 6.18. The summed E-state index contributed by atoms with van der Waals surface area (Å²) in [5, 5.41) is 12.3. The molecule has 1 aromatic heterocycles. The van der Waals surface area contributed by atoms with Gasteiger partial charge in [-0.2, -0.15) is 0 Å². The van der Waals surface area contributed by atoms with E-state index in [1.165, 1.54) is 11.3 Å². The molecule has 1 N–H and O–H groups in total. The van der Waals surface area contributed by atoms with Crippen molar-refractivity contribution in [2.24, 2.45) is 0 Å². The lowest BCUT2D eigenvalue weighted by atomic mass is 10.1. The first kappa shape index (κ1) is 18.8. The maximum absolute atomic E-state index is 12.5. The fourth-order valence-electron chi connectivity index (χ4n) is 3.19. The number of rotatable bonds is 4. The van der Waals surface area contributed by atoms with Crippen molar-refractivity contribution in [3.05, 3.63) is 69.1 Å². The lowest BCUT2D eigenvalue weighted by Crippen LogP contribution is -2.25. The van der Waals surface area contributed by atoms with Crippen LogP contribution in [-0.2, 0) is 4.79 Å². The van der Waals surface area contributed by atoms with Gasteiger partial charge in [0.25, 0.3) is 5.91 Å². The van der Waals surface area contributed by atoms with Gasteiger partial charge in [-0.05, 0) is 42.8 Å². The molecule has 28 heavy (non-hydrogen) atoms. The van der Waals surface area contributed by atoms with E-state index in [4.69, 9.17) is 0 Å². The molecule has 0 radical (unpaired) electrons. The number of hydrogen-bond acceptors (Lipinski definition) is 5. The number of para-hydroxylation sites is 1. The highest BCUT2D eigenvalue weighted by Gasteiger charge is 2.34. The largest absolute Gasteiger partial charge is 0.311 e. The molecule has 0 aliphatic carbocycles. The van der Waals surface area contributed by atoms with Gasteiger partial charge in [0.2, 0.25) is 11.0 Å². The summed E-state index contributed by atoms with van der Waals surface area (Å²) < 4.78 is 0.909. The van der Waals surface area contributed by atoms with Crippen LogP contribution in [0.25, 0.3) is 0 Å². The van der Waals surface area contributed by atoms with E-state index in [1.54, 1.807) is 12.1 Å². The summed E-state index contributed by atoms with van der Waals surface area (Å²) in [4.78, 5) is 26.7. The number of nitrogens with one attached hydrogen (secondary N) is 1. The number of carbonyl (C=O) groups is 2. The van der Waals surface area contributed by atoms with Gasteiger partial charge in [-0.25, -0.2) is 0 Å². The van der Waals surface area contributed by atoms with Crippen LogP contribution in [0.15, 0.2) is 53.0 Å². The molecule has 1 saturated heterocycles. The molecule has 8 heteroatoms. The Morgan fingerprint density at radius 2 is 1.93 bits per heavy atom. The van der Waals surface area contributed by atoms with E-state index in [0.29, 0.717) is 23.7 Å². The maximum atomic E-state index is 12.5. The van der Waals surface area contributed by atoms with Crippen LogP contribution >= 0.6 is 27.3 Å². The van der Waals surface area contributed by atoms with Gasteiger partial charge in [-0.1, -0.05) is 45.5 Å². The molecule has 1 aliphatic rings. The van der Waals surface area contributed by atoms with Gasteiger partial charge in [-0.3, -0.25) is 14.9 Å². The molecule has 2 heterocycles. The predicted octanol–water partition coefficient (Wildman–Crippen LogP) is 4.38. The van der Waals surface area contributed by atoms with Crippen molar-refractivity contribution < 1.29 is 9.59 Å². The average molecular weight is 457 g/mol. The number of aromatic nitrogens is 2. The van der Waals surface area contributed by atoms with Crippen molar-refractivity contribution >= 4 is 49.9 Å². The van der Waals surface area contributed by atoms with Crippen LogP contribution in [0.4, 0.5) is 10.8 Å². The fourth-order valence-corrected chi connectivity index (χ4v) is 4.29. The Labute approximate surface area is 174 Å². The minimum Gasteiger partial charge on any atom is -0.311 e.